The van der Waals surface area contributed by atoms with Gasteiger partial charge in [0.25, 0.3) is 5.91 Å². The van der Waals surface area contributed by atoms with Crippen LogP contribution in [0.15, 0.2) is 42.1 Å². The number of rotatable bonds is 2. The van der Waals surface area contributed by atoms with Gasteiger partial charge in [-0.2, -0.15) is 0 Å². The molecule has 1 aromatic carbocycles. The first kappa shape index (κ1) is 14.6. The van der Waals surface area contributed by atoms with Gasteiger partial charge < -0.3 is 4.90 Å². The Hall–Kier alpha value is -2.30. The van der Waals surface area contributed by atoms with E-state index >= 15 is 0 Å². The average molecular weight is 299 g/mol. The van der Waals surface area contributed by atoms with Gasteiger partial charge in [-0.1, -0.05) is 31.0 Å². The van der Waals surface area contributed by atoms with Crippen LogP contribution in [0.25, 0.3) is 0 Å². The quantitative estimate of drug-likeness (QED) is 0.911. The number of hydrogen-bond acceptors (Lipinski definition) is 3. The van der Waals surface area contributed by atoms with Crippen molar-refractivity contribution in [2.24, 2.45) is 0 Å². The Morgan fingerprint density at radius 2 is 1.68 bits per heavy atom. The van der Waals surface area contributed by atoms with E-state index in [1.807, 2.05) is 35.2 Å². The minimum absolute atomic E-state index is 0.00432. The maximum absolute atomic E-state index is 12.6. The van der Waals surface area contributed by atoms with Gasteiger partial charge in [-0.25, -0.2) is 5.01 Å². The summed E-state index contributed by atoms with van der Waals surface area (Å²) >= 11 is 0. The van der Waals surface area contributed by atoms with Gasteiger partial charge in [0.2, 0.25) is 5.91 Å². The number of nitrogens with zero attached hydrogens (tertiary/aromatic N) is 2. The van der Waals surface area contributed by atoms with Gasteiger partial charge in [-0.05, 0) is 31.1 Å². The van der Waals surface area contributed by atoms with Crippen molar-refractivity contribution in [1.29, 1.82) is 0 Å². The SMILES string of the molecule is O=C(C1=CCC(=O)N(c2ccccc2)N1)N1CCCCCC1. The summed E-state index contributed by atoms with van der Waals surface area (Å²) in [6, 6.07) is 9.35. The highest BCUT2D eigenvalue weighted by molar-refractivity contribution is 6.01. The molecule has 22 heavy (non-hydrogen) atoms. The molecule has 0 bridgehead atoms. The number of nitrogens with one attached hydrogen (secondary N) is 1. The summed E-state index contributed by atoms with van der Waals surface area (Å²) in [7, 11) is 0. The van der Waals surface area contributed by atoms with E-state index in [4.69, 9.17) is 0 Å². The second kappa shape index (κ2) is 6.64. The molecule has 5 heteroatoms. The maximum Gasteiger partial charge on any atom is 0.271 e. The van der Waals surface area contributed by atoms with Crippen molar-refractivity contribution in [2.45, 2.75) is 32.1 Å². The standard InChI is InChI=1S/C17H21N3O2/c21-16-11-10-15(17(22)19-12-6-1-2-7-13-19)18-20(16)14-8-4-3-5-9-14/h3-5,8-10,18H,1-2,6-7,11-13H2. The topological polar surface area (TPSA) is 52.7 Å². The fourth-order valence-corrected chi connectivity index (χ4v) is 2.87. The van der Waals surface area contributed by atoms with Crippen molar-refractivity contribution < 1.29 is 9.59 Å². The van der Waals surface area contributed by atoms with Crippen molar-refractivity contribution >= 4 is 17.5 Å². The minimum atomic E-state index is -0.0568. The lowest BCUT2D eigenvalue weighted by atomic mass is 10.2. The zero-order chi connectivity index (χ0) is 15.4. The van der Waals surface area contributed by atoms with Crippen molar-refractivity contribution in [2.75, 3.05) is 18.1 Å². The third kappa shape index (κ3) is 3.13. The highest BCUT2D eigenvalue weighted by atomic mass is 16.2. The van der Waals surface area contributed by atoms with Gasteiger partial charge in [0.05, 0.1) is 5.69 Å². The van der Waals surface area contributed by atoms with Crippen LogP contribution in [0.5, 0.6) is 0 Å². The van der Waals surface area contributed by atoms with Crippen molar-refractivity contribution in [1.82, 2.24) is 10.3 Å². The molecule has 3 rings (SSSR count). The van der Waals surface area contributed by atoms with E-state index in [1.54, 1.807) is 6.08 Å². The first-order valence-corrected chi connectivity index (χ1v) is 7.90. The number of para-hydroxylation sites is 1. The third-order valence-electron chi connectivity index (χ3n) is 4.10. The van der Waals surface area contributed by atoms with Crippen LogP contribution >= 0.6 is 0 Å². The van der Waals surface area contributed by atoms with Gasteiger partial charge in [-0.3, -0.25) is 15.0 Å². The van der Waals surface area contributed by atoms with E-state index in [9.17, 15) is 9.59 Å². The van der Waals surface area contributed by atoms with Gasteiger partial charge in [0, 0.05) is 19.5 Å². The molecule has 2 amide bonds. The molecule has 1 N–H and O–H groups in total. The molecule has 0 radical (unpaired) electrons. The van der Waals surface area contributed by atoms with Crippen LogP contribution in [0, 0.1) is 0 Å². The molecule has 0 aliphatic carbocycles. The molecule has 0 aromatic heterocycles. The lowest BCUT2D eigenvalue weighted by Gasteiger charge is -2.31. The van der Waals surface area contributed by atoms with Crippen LogP contribution in [-0.4, -0.2) is 29.8 Å². The smallest absolute Gasteiger partial charge is 0.271 e. The summed E-state index contributed by atoms with van der Waals surface area (Å²) in [4.78, 5) is 26.6. The number of carbonyl (C=O) groups is 2. The van der Waals surface area contributed by atoms with E-state index < -0.39 is 0 Å². The zero-order valence-corrected chi connectivity index (χ0v) is 12.6. The van der Waals surface area contributed by atoms with E-state index in [0.29, 0.717) is 5.70 Å². The minimum Gasteiger partial charge on any atom is -0.337 e. The fraction of sp³-hybridized carbons (Fsp3) is 0.412. The van der Waals surface area contributed by atoms with Crippen molar-refractivity contribution in [3.05, 3.63) is 42.1 Å². The molecule has 2 heterocycles. The Morgan fingerprint density at radius 3 is 2.36 bits per heavy atom. The molecule has 1 aromatic rings. The number of amides is 2. The van der Waals surface area contributed by atoms with Gasteiger partial charge >= 0.3 is 0 Å². The summed E-state index contributed by atoms with van der Waals surface area (Å²) < 4.78 is 0. The van der Waals surface area contributed by atoms with Crippen molar-refractivity contribution in [3.8, 4) is 0 Å². The molecule has 1 saturated heterocycles. The predicted octanol–water partition coefficient (Wildman–Crippen LogP) is 2.21. The van der Waals surface area contributed by atoms with Crippen LogP contribution in [0.2, 0.25) is 0 Å². The van der Waals surface area contributed by atoms with E-state index in [1.165, 1.54) is 17.9 Å². The highest BCUT2D eigenvalue weighted by Crippen LogP contribution is 2.19. The largest absolute Gasteiger partial charge is 0.337 e. The molecule has 2 aliphatic heterocycles. The Kier molecular flexibility index (Phi) is 4.42. The maximum atomic E-state index is 12.6. The molecule has 5 nitrogen and oxygen atoms in total. The first-order valence-electron chi connectivity index (χ1n) is 7.90. The van der Waals surface area contributed by atoms with Crippen molar-refractivity contribution in [3.63, 3.8) is 0 Å². The molecule has 0 unspecified atom stereocenters. The lowest BCUT2D eigenvalue weighted by Crippen LogP contribution is -2.49. The molecule has 2 aliphatic rings. The summed E-state index contributed by atoms with van der Waals surface area (Å²) in [5.41, 5.74) is 4.25. The molecular weight excluding hydrogens is 278 g/mol. The number of hydrazine groups is 1. The number of likely N-dealkylation sites (tertiary alicyclic amines) is 1. The van der Waals surface area contributed by atoms with Gasteiger partial charge in [0.15, 0.2) is 0 Å². The summed E-state index contributed by atoms with van der Waals surface area (Å²) in [5, 5.41) is 1.46. The normalized spacial score (nSPS) is 19.3. The summed E-state index contributed by atoms with van der Waals surface area (Å²) in [6.07, 6.45) is 6.43. The Labute approximate surface area is 130 Å². The predicted molar refractivity (Wildman–Crippen MR) is 84.8 cm³/mol. The molecule has 0 spiro atoms. The molecular formula is C17H21N3O2. The summed E-state index contributed by atoms with van der Waals surface area (Å²) in [6.45, 7) is 1.61. The first-order chi connectivity index (χ1) is 10.8. The molecule has 1 fully saturated rings. The second-order valence-electron chi connectivity index (χ2n) is 5.70. The second-order valence-corrected chi connectivity index (χ2v) is 5.70. The highest BCUT2D eigenvalue weighted by Gasteiger charge is 2.27. The monoisotopic (exact) mass is 299 g/mol. The van der Waals surface area contributed by atoms with Gasteiger partial charge in [-0.15, -0.1) is 0 Å². The van der Waals surface area contributed by atoms with E-state index in [0.717, 1.165) is 31.6 Å². The third-order valence-corrected chi connectivity index (χ3v) is 4.10. The lowest BCUT2D eigenvalue weighted by molar-refractivity contribution is -0.127. The molecule has 0 atom stereocenters. The number of anilines is 1. The van der Waals surface area contributed by atoms with E-state index in [-0.39, 0.29) is 18.2 Å². The number of benzene rings is 1. The van der Waals surface area contributed by atoms with Crippen LogP contribution in [0.1, 0.15) is 32.1 Å². The molecule has 0 saturated carbocycles. The van der Waals surface area contributed by atoms with E-state index in [2.05, 4.69) is 5.43 Å². The van der Waals surface area contributed by atoms with Gasteiger partial charge in [0.1, 0.15) is 5.70 Å². The Bertz CT molecular complexity index is 575. The average Bonchev–Trinajstić information content (AvgIpc) is 2.85. The number of carbonyl (C=O) groups excluding carboxylic acids is 2. The fourth-order valence-electron chi connectivity index (χ4n) is 2.87. The molecule has 116 valence electrons. The van der Waals surface area contributed by atoms with Crippen LogP contribution < -0.4 is 10.4 Å². The van der Waals surface area contributed by atoms with Crippen LogP contribution in [0.4, 0.5) is 5.69 Å². The Balaban J connectivity index is 1.74. The van der Waals surface area contributed by atoms with Crippen LogP contribution in [0.3, 0.4) is 0 Å². The number of hydrogen-bond donors (Lipinski definition) is 1. The zero-order valence-electron chi connectivity index (χ0n) is 12.6. The summed E-state index contributed by atoms with van der Waals surface area (Å²) in [5.74, 6) is -0.0612. The van der Waals surface area contributed by atoms with Crippen LogP contribution in [-0.2, 0) is 9.59 Å². The Morgan fingerprint density at radius 1 is 1.00 bits per heavy atom.